The van der Waals surface area contributed by atoms with E-state index in [1.54, 1.807) is 17.3 Å². The minimum absolute atomic E-state index is 0. The van der Waals surface area contributed by atoms with Gasteiger partial charge in [-0.2, -0.15) is 0 Å². The van der Waals surface area contributed by atoms with Crippen LogP contribution in [0.4, 0.5) is 5.95 Å². The monoisotopic (exact) mass is 455 g/mol. The molecule has 0 aromatic carbocycles. The van der Waals surface area contributed by atoms with Gasteiger partial charge in [0.2, 0.25) is 17.8 Å². The molecule has 3 heterocycles. The lowest BCUT2D eigenvalue weighted by atomic mass is 9.50. The minimum atomic E-state index is -0.109. The summed E-state index contributed by atoms with van der Waals surface area (Å²) in [4.78, 5) is 41.2. The van der Waals surface area contributed by atoms with Crippen molar-refractivity contribution >= 4 is 30.2 Å². The Morgan fingerprint density at radius 2 is 1.28 bits per heavy atom. The molecule has 3 fully saturated rings. The van der Waals surface area contributed by atoms with E-state index in [9.17, 15) is 9.59 Å². The van der Waals surface area contributed by atoms with Crippen molar-refractivity contribution in [2.45, 2.75) is 12.8 Å². The number of rotatable bonds is 6. The number of amides is 2. The molecule has 7 nitrogen and oxygen atoms in total. The molecule has 1 aromatic heterocycles. The van der Waals surface area contributed by atoms with Crippen molar-refractivity contribution < 1.29 is 9.59 Å². The van der Waals surface area contributed by atoms with Crippen LogP contribution in [0.1, 0.15) is 12.8 Å². The maximum atomic E-state index is 13.1. The number of carbonyl (C=O) groups is 2. The second kappa shape index (κ2) is 8.60. The van der Waals surface area contributed by atoms with Gasteiger partial charge in [-0.15, -0.1) is 12.4 Å². The SMILES string of the molecule is Cl.O=C1C2C3C=CC(C4C=CC43)C2C(=O)N1CCCCN1CCN(c2ncccn2)CC1. The summed E-state index contributed by atoms with van der Waals surface area (Å²) >= 11 is 0. The molecular weight excluding hydrogens is 426 g/mol. The molecule has 2 bridgehead atoms. The van der Waals surface area contributed by atoms with E-state index in [1.807, 2.05) is 6.07 Å². The number of anilines is 1. The summed E-state index contributed by atoms with van der Waals surface area (Å²) in [6.45, 7) is 5.44. The molecule has 170 valence electrons. The Hall–Kier alpha value is -2.25. The standard InChI is InChI=1S/C24H29N5O2.ClH/c30-22-20-18-6-7-19(17-5-4-16(17)18)21(20)23(31)29(22)11-2-1-10-27-12-14-28(15-13-27)24-25-8-3-9-26-24;/h3-9,16-21H,1-2,10-15H2;1H. The minimum Gasteiger partial charge on any atom is -0.338 e. The van der Waals surface area contributed by atoms with Crippen molar-refractivity contribution in [2.24, 2.45) is 35.5 Å². The largest absolute Gasteiger partial charge is 0.338 e. The summed E-state index contributed by atoms with van der Waals surface area (Å²) in [6.07, 6.45) is 14.4. The first-order chi connectivity index (χ1) is 15.2. The number of likely N-dealkylation sites (tertiary alicyclic amines) is 1. The van der Waals surface area contributed by atoms with Crippen LogP contribution in [-0.4, -0.2) is 70.9 Å². The molecule has 0 radical (unpaired) electrons. The first-order valence-corrected chi connectivity index (χ1v) is 11.7. The number of unbranched alkanes of at least 4 members (excludes halogenated alkanes) is 1. The molecule has 6 unspecified atom stereocenters. The van der Waals surface area contributed by atoms with Crippen molar-refractivity contribution in [3.8, 4) is 0 Å². The van der Waals surface area contributed by atoms with Crippen LogP contribution in [0.5, 0.6) is 0 Å². The number of halogens is 1. The number of piperazine rings is 1. The molecule has 2 amide bonds. The zero-order valence-corrected chi connectivity index (χ0v) is 18.9. The van der Waals surface area contributed by atoms with Crippen LogP contribution in [0.3, 0.4) is 0 Å². The number of hydrogen-bond acceptors (Lipinski definition) is 6. The number of imide groups is 1. The highest BCUT2D eigenvalue weighted by Gasteiger charge is 2.62. The van der Waals surface area contributed by atoms with Gasteiger partial charge in [0.05, 0.1) is 11.8 Å². The Kier molecular flexibility index (Phi) is 5.80. The molecule has 7 rings (SSSR count). The Bertz CT molecular complexity index is 890. The lowest BCUT2D eigenvalue weighted by molar-refractivity contribution is -0.140. The quantitative estimate of drug-likeness (QED) is 0.371. The summed E-state index contributed by atoms with van der Waals surface area (Å²) in [5.41, 5.74) is 0. The summed E-state index contributed by atoms with van der Waals surface area (Å²) in [7, 11) is 0. The number of nitrogens with zero attached hydrogens (tertiary/aromatic N) is 5. The number of hydrogen-bond donors (Lipinski definition) is 0. The Labute approximate surface area is 195 Å². The van der Waals surface area contributed by atoms with Crippen LogP contribution >= 0.6 is 12.4 Å². The van der Waals surface area contributed by atoms with Crippen LogP contribution in [-0.2, 0) is 9.59 Å². The van der Waals surface area contributed by atoms with Gasteiger partial charge in [-0.25, -0.2) is 9.97 Å². The number of aromatic nitrogens is 2. The number of allylic oxidation sites excluding steroid dienone is 4. The van der Waals surface area contributed by atoms with Gasteiger partial charge < -0.3 is 4.90 Å². The van der Waals surface area contributed by atoms with Crippen LogP contribution in [0.15, 0.2) is 42.8 Å². The average molecular weight is 456 g/mol. The van der Waals surface area contributed by atoms with E-state index in [0.29, 0.717) is 18.4 Å². The summed E-state index contributed by atoms with van der Waals surface area (Å²) < 4.78 is 0. The van der Waals surface area contributed by atoms with Crippen molar-refractivity contribution in [2.75, 3.05) is 44.2 Å². The van der Waals surface area contributed by atoms with Crippen molar-refractivity contribution in [1.29, 1.82) is 0 Å². The van der Waals surface area contributed by atoms with Crippen LogP contribution in [0.2, 0.25) is 0 Å². The van der Waals surface area contributed by atoms with Gasteiger partial charge in [0.15, 0.2) is 0 Å². The van der Waals surface area contributed by atoms with E-state index < -0.39 is 0 Å². The van der Waals surface area contributed by atoms with Crippen molar-refractivity contribution in [3.05, 3.63) is 42.8 Å². The van der Waals surface area contributed by atoms with Gasteiger partial charge in [0.1, 0.15) is 0 Å². The van der Waals surface area contributed by atoms with E-state index >= 15 is 0 Å². The fourth-order valence-corrected chi connectivity index (χ4v) is 6.40. The predicted octanol–water partition coefficient (Wildman–Crippen LogP) is 2.02. The maximum absolute atomic E-state index is 13.1. The maximum Gasteiger partial charge on any atom is 0.233 e. The van der Waals surface area contributed by atoms with E-state index in [-0.39, 0.29) is 47.9 Å². The second-order valence-electron chi connectivity index (χ2n) is 9.54. The molecule has 4 aliphatic carbocycles. The third-order valence-electron chi connectivity index (χ3n) is 8.08. The molecular formula is C24H30ClN5O2. The zero-order valence-electron chi connectivity index (χ0n) is 18.1. The van der Waals surface area contributed by atoms with Crippen LogP contribution in [0, 0.1) is 35.5 Å². The summed E-state index contributed by atoms with van der Waals surface area (Å²) in [5, 5.41) is 0. The van der Waals surface area contributed by atoms with Crippen molar-refractivity contribution in [3.63, 3.8) is 0 Å². The summed E-state index contributed by atoms with van der Waals surface area (Å²) in [5.74, 6) is 2.19. The zero-order chi connectivity index (χ0) is 20.9. The van der Waals surface area contributed by atoms with Gasteiger partial charge in [0, 0.05) is 45.1 Å². The molecule has 2 saturated heterocycles. The van der Waals surface area contributed by atoms with Crippen LogP contribution < -0.4 is 4.90 Å². The fourth-order valence-electron chi connectivity index (χ4n) is 6.40. The van der Waals surface area contributed by atoms with Gasteiger partial charge in [0.25, 0.3) is 0 Å². The molecule has 0 N–H and O–H groups in total. The third-order valence-corrected chi connectivity index (χ3v) is 8.08. The van der Waals surface area contributed by atoms with E-state index in [0.717, 1.165) is 51.5 Å². The molecule has 6 aliphatic rings. The molecule has 0 spiro atoms. The Morgan fingerprint density at radius 3 is 1.84 bits per heavy atom. The lowest BCUT2D eigenvalue weighted by Gasteiger charge is -2.51. The van der Waals surface area contributed by atoms with E-state index in [2.05, 4.69) is 44.1 Å². The van der Waals surface area contributed by atoms with Gasteiger partial charge in [-0.3, -0.25) is 19.4 Å². The summed E-state index contributed by atoms with van der Waals surface area (Å²) in [6, 6.07) is 1.84. The van der Waals surface area contributed by atoms with Crippen LogP contribution in [0.25, 0.3) is 0 Å². The molecule has 32 heavy (non-hydrogen) atoms. The normalized spacial score (nSPS) is 34.9. The Morgan fingerprint density at radius 1 is 0.750 bits per heavy atom. The highest BCUT2D eigenvalue weighted by atomic mass is 35.5. The predicted molar refractivity (Wildman–Crippen MR) is 123 cm³/mol. The Balaban J connectivity index is 0.00000216. The van der Waals surface area contributed by atoms with E-state index in [1.165, 1.54) is 0 Å². The van der Waals surface area contributed by atoms with Crippen molar-refractivity contribution in [1.82, 2.24) is 19.8 Å². The van der Waals surface area contributed by atoms with Gasteiger partial charge in [-0.05, 0) is 49.1 Å². The first-order valence-electron chi connectivity index (χ1n) is 11.7. The average Bonchev–Trinajstić information content (AvgIpc) is 3.04. The highest BCUT2D eigenvalue weighted by molar-refractivity contribution is 6.06. The molecule has 8 heteroatoms. The lowest BCUT2D eigenvalue weighted by Crippen LogP contribution is -2.50. The van der Waals surface area contributed by atoms with Gasteiger partial charge in [-0.1, -0.05) is 24.3 Å². The third kappa shape index (κ3) is 3.37. The fraction of sp³-hybridized carbons (Fsp3) is 0.583. The molecule has 1 saturated carbocycles. The molecule has 2 aliphatic heterocycles. The number of carbonyl (C=O) groups excluding carboxylic acids is 2. The second-order valence-corrected chi connectivity index (χ2v) is 9.54. The first kappa shape index (κ1) is 21.6. The molecule has 1 aromatic rings. The topological polar surface area (TPSA) is 69.6 Å². The smallest absolute Gasteiger partial charge is 0.233 e. The highest BCUT2D eigenvalue weighted by Crippen LogP contribution is 2.58. The molecule has 6 atom stereocenters. The van der Waals surface area contributed by atoms with E-state index in [4.69, 9.17) is 0 Å². The van der Waals surface area contributed by atoms with Gasteiger partial charge >= 0.3 is 0 Å².